The Morgan fingerprint density at radius 2 is 2.17 bits per heavy atom. The van der Waals surface area contributed by atoms with Gasteiger partial charge in [0.15, 0.2) is 0 Å². The fraction of sp³-hybridized carbons (Fsp3) is 0.250. The number of rotatable bonds is 3. The lowest BCUT2D eigenvalue weighted by molar-refractivity contribution is 0.322. The third-order valence-corrected chi connectivity index (χ3v) is 2.21. The van der Waals surface area contributed by atoms with Gasteiger partial charge in [0.1, 0.15) is 5.82 Å². The second-order valence-corrected chi connectivity index (χ2v) is 3.46. The molecule has 0 amide bonds. The average Bonchev–Trinajstić information content (AvgIpc) is 1.99. The molecule has 3 N–H and O–H groups in total. The number of thioether (sulfide) groups is 1. The SMILES string of the molecule is Nc1cc(F)cc(SCCO)c1. The van der Waals surface area contributed by atoms with Crippen molar-refractivity contribution in [3.05, 3.63) is 24.0 Å². The zero-order valence-electron chi connectivity index (χ0n) is 6.46. The largest absolute Gasteiger partial charge is 0.399 e. The van der Waals surface area contributed by atoms with E-state index >= 15 is 0 Å². The number of nitrogen functional groups attached to an aromatic ring is 1. The predicted octanol–water partition coefficient (Wildman–Crippen LogP) is 1.49. The van der Waals surface area contributed by atoms with Gasteiger partial charge in [-0.2, -0.15) is 0 Å². The van der Waals surface area contributed by atoms with Crippen LogP contribution < -0.4 is 5.73 Å². The monoisotopic (exact) mass is 187 g/mol. The summed E-state index contributed by atoms with van der Waals surface area (Å²) in [6.45, 7) is 0.0844. The van der Waals surface area contributed by atoms with Crippen molar-refractivity contribution in [2.45, 2.75) is 4.90 Å². The second-order valence-electron chi connectivity index (χ2n) is 2.29. The Labute approximate surface area is 74.6 Å². The second kappa shape index (κ2) is 4.33. The molecule has 0 aliphatic heterocycles. The van der Waals surface area contributed by atoms with Crippen LogP contribution in [-0.2, 0) is 0 Å². The molecule has 0 saturated heterocycles. The number of aliphatic hydroxyl groups is 1. The maximum atomic E-state index is 12.7. The van der Waals surface area contributed by atoms with Crippen LogP contribution in [0.5, 0.6) is 0 Å². The van der Waals surface area contributed by atoms with Gasteiger partial charge in [-0.25, -0.2) is 4.39 Å². The Balaban J connectivity index is 2.72. The van der Waals surface area contributed by atoms with Crippen molar-refractivity contribution in [3.8, 4) is 0 Å². The minimum atomic E-state index is -0.338. The highest BCUT2D eigenvalue weighted by Crippen LogP contribution is 2.21. The molecule has 1 aromatic carbocycles. The van der Waals surface area contributed by atoms with Crippen molar-refractivity contribution in [3.63, 3.8) is 0 Å². The van der Waals surface area contributed by atoms with Gasteiger partial charge in [-0.05, 0) is 18.2 Å². The molecule has 0 radical (unpaired) electrons. The summed E-state index contributed by atoms with van der Waals surface area (Å²) in [6, 6.07) is 4.35. The van der Waals surface area contributed by atoms with Crippen molar-refractivity contribution in [2.24, 2.45) is 0 Å². The van der Waals surface area contributed by atoms with E-state index in [0.717, 1.165) is 4.90 Å². The first-order valence-corrected chi connectivity index (χ1v) is 4.50. The van der Waals surface area contributed by atoms with Crippen LogP contribution in [0.25, 0.3) is 0 Å². The van der Waals surface area contributed by atoms with Crippen molar-refractivity contribution < 1.29 is 9.50 Å². The maximum absolute atomic E-state index is 12.7. The molecule has 0 aliphatic rings. The standard InChI is InChI=1S/C8H10FNOS/c9-6-3-7(10)5-8(4-6)12-2-1-11/h3-5,11H,1-2,10H2. The quantitative estimate of drug-likeness (QED) is 0.556. The van der Waals surface area contributed by atoms with Gasteiger partial charge in [0.2, 0.25) is 0 Å². The number of hydrogen-bond donors (Lipinski definition) is 2. The van der Waals surface area contributed by atoms with Crippen LogP contribution in [0.15, 0.2) is 23.1 Å². The first kappa shape index (κ1) is 9.35. The normalized spacial score (nSPS) is 10.2. The Morgan fingerprint density at radius 1 is 1.42 bits per heavy atom. The molecular weight excluding hydrogens is 177 g/mol. The van der Waals surface area contributed by atoms with Gasteiger partial charge in [-0.3, -0.25) is 0 Å². The topological polar surface area (TPSA) is 46.2 Å². The third kappa shape index (κ3) is 2.71. The molecule has 0 unspecified atom stereocenters. The van der Waals surface area contributed by atoms with Crippen LogP contribution in [0.3, 0.4) is 0 Å². The fourth-order valence-corrected chi connectivity index (χ4v) is 1.57. The molecule has 4 heteroatoms. The lowest BCUT2D eigenvalue weighted by atomic mass is 10.3. The van der Waals surface area contributed by atoms with E-state index in [4.69, 9.17) is 10.8 Å². The van der Waals surface area contributed by atoms with Gasteiger partial charge in [0, 0.05) is 16.3 Å². The highest BCUT2D eigenvalue weighted by Gasteiger charge is 1.98. The Hall–Kier alpha value is -0.740. The zero-order valence-corrected chi connectivity index (χ0v) is 7.27. The third-order valence-electron chi connectivity index (χ3n) is 1.25. The summed E-state index contributed by atoms with van der Waals surface area (Å²) >= 11 is 1.38. The van der Waals surface area contributed by atoms with Gasteiger partial charge >= 0.3 is 0 Å². The maximum Gasteiger partial charge on any atom is 0.126 e. The van der Waals surface area contributed by atoms with E-state index in [0.29, 0.717) is 11.4 Å². The lowest BCUT2D eigenvalue weighted by Crippen LogP contribution is -1.89. The van der Waals surface area contributed by atoms with Crippen molar-refractivity contribution in [1.82, 2.24) is 0 Å². The van der Waals surface area contributed by atoms with E-state index in [1.165, 1.54) is 23.9 Å². The van der Waals surface area contributed by atoms with E-state index in [1.54, 1.807) is 6.07 Å². The first-order valence-electron chi connectivity index (χ1n) is 3.52. The fourth-order valence-electron chi connectivity index (χ4n) is 0.831. The molecule has 2 nitrogen and oxygen atoms in total. The lowest BCUT2D eigenvalue weighted by Gasteiger charge is -2.00. The van der Waals surface area contributed by atoms with Crippen LogP contribution in [0.2, 0.25) is 0 Å². The zero-order chi connectivity index (χ0) is 8.97. The Bertz CT molecular complexity index is 247. The number of hydrogen-bond acceptors (Lipinski definition) is 3. The molecule has 66 valence electrons. The van der Waals surface area contributed by atoms with Crippen molar-refractivity contribution in [2.75, 3.05) is 18.1 Å². The number of benzene rings is 1. The molecule has 0 spiro atoms. The molecule has 0 aromatic heterocycles. The summed E-state index contributed by atoms with van der Waals surface area (Å²) in [5.74, 6) is 0.221. The molecule has 0 saturated carbocycles. The van der Waals surface area contributed by atoms with Crippen LogP contribution in [0.1, 0.15) is 0 Å². The van der Waals surface area contributed by atoms with Crippen molar-refractivity contribution in [1.29, 1.82) is 0 Å². The molecule has 0 heterocycles. The van der Waals surface area contributed by atoms with Crippen LogP contribution in [0, 0.1) is 5.82 Å². The number of anilines is 1. The van der Waals surface area contributed by atoms with Gasteiger partial charge < -0.3 is 10.8 Å². The van der Waals surface area contributed by atoms with Gasteiger partial charge in [-0.1, -0.05) is 0 Å². The van der Waals surface area contributed by atoms with Crippen molar-refractivity contribution >= 4 is 17.4 Å². The van der Waals surface area contributed by atoms with E-state index in [-0.39, 0.29) is 12.4 Å². The summed E-state index contributed by atoms with van der Waals surface area (Å²) < 4.78 is 12.7. The minimum Gasteiger partial charge on any atom is -0.399 e. The molecule has 0 atom stereocenters. The van der Waals surface area contributed by atoms with E-state index in [2.05, 4.69) is 0 Å². The molecule has 12 heavy (non-hydrogen) atoms. The Kier molecular flexibility index (Phi) is 3.37. The Morgan fingerprint density at radius 3 is 2.75 bits per heavy atom. The van der Waals surface area contributed by atoms with Gasteiger partial charge in [-0.15, -0.1) is 11.8 Å². The molecule has 0 aliphatic carbocycles. The van der Waals surface area contributed by atoms with E-state index in [9.17, 15) is 4.39 Å². The molecular formula is C8H10FNOS. The van der Waals surface area contributed by atoms with E-state index in [1.807, 2.05) is 0 Å². The minimum absolute atomic E-state index is 0.0844. The van der Waals surface area contributed by atoms with Gasteiger partial charge in [0.25, 0.3) is 0 Å². The number of halogens is 1. The van der Waals surface area contributed by atoms with Crippen LogP contribution in [0.4, 0.5) is 10.1 Å². The smallest absolute Gasteiger partial charge is 0.126 e. The summed E-state index contributed by atoms with van der Waals surface area (Å²) in [5.41, 5.74) is 5.83. The predicted molar refractivity (Wildman–Crippen MR) is 48.6 cm³/mol. The number of aliphatic hydroxyl groups excluding tert-OH is 1. The average molecular weight is 187 g/mol. The van der Waals surface area contributed by atoms with Crippen LogP contribution in [-0.4, -0.2) is 17.5 Å². The summed E-state index contributed by atoms with van der Waals surface area (Å²) in [7, 11) is 0. The summed E-state index contributed by atoms with van der Waals surface area (Å²) in [5, 5.41) is 8.52. The molecule has 0 fully saturated rings. The van der Waals surface area contributed by atoms with E-state index < -0.39 is 0 Å². The highest BCUT2D eigenvalue weighted by molar-refractivity contribution is 7.99. The number of nitrogens with two attached hydrogens (primary N) is 1. The summed E-state index contributed by atoms with van der Waals surface area (Å²) in [6.07, 6.45) is 0. The van der Waals surface area contributed by atoms with Crippen LogP contribution >= 0.6 is 11.8 Å². The summed E-state index contributed by atoms with van der Waals surface area (Å²) in [4.78, 5) is 0.751. The van der Waals surface area contributed by atoms with Gasteiger partial charge in [0.05, 0.1) is 6.61 Å². The molecule has 1 aromatic rings. The molecule has 0 bridgehead atoms. The first-order chi connectivity index (χ1) is 5.72. The highest BCUT2D eigenvalue weighted by atomic mass is 32.2. The molecule has 1 rings (SSSR count).